The molecule has 2 aromatic rings. The van der Waals surface area contributed by atoms with E-state index in [2.05, 4.69) is 4.98 Å². The number of halogens is 1. The Balaban J connectivity index is 2.08. The van der Waals surface area contributed by atoms with Gasteiger partial charge < -0.3 is 9.30 Å². The van der Waals surface area contributed by atoms with Crippen molar-refractivity contribution in [2.45, 2.75) is 13.5 Å². The first-order valence-electron chi connectivity index (χ1n) is 5.03. The second kappa shape index (κ2) is 4.35. The van der Waals surface area contributed by atoms with Crippen LogP contribution >= 0.6 is 0 Å². The lowest BCUT2D eigenvalue weighted by atomic mass is 10.3. The minimum atomic E-state index is -0.353. The van der Waals surface area contributed by atoms with E-state index in [0.717, 1.165) is 11.5 Å². The average Bonchev–Trinajstić information content (AvgIpc) is 2.59. The molecule has 16 heavy (non-hydrogen) atoms. The molecule has 3 nitrogen and oxygen atoms in total. The van der Waals surface area contributed by atoms with Crippen LogP contribution in [0, 0.1) is 12.7 Å². The van der Waals surface area contributed by atoms with Crippen molar-refractivity contribution >= 4 is 0 Å². The van der Waals surface area contributed by atoms with Crippen LogP contribution in [0.25, 0.3) is 0 Å². The van der Waals surface area contributed by atoms with Gasteiger partial charge >= 0.3 is 0 Å². The smallest absolute Gasteiger partial charge is 0.165 e. The topological polar surface area (TPSA) is 27.1 Å². The van der Waals surface area contributed by atoms with E-state index in [4.69, 9.17) is 4.74 Å². The average molecular weight is 220 g/mol. The van der Waals surface area contributed by atoms with Crippen molar-refractivity contribution in [2.24, 2.45) is 7.05 Å². The fraction of sp³-hybridized carbons (Fsp3) is 0.250. The molecule has 1 aromatic heterocycles. The summed E-state index contributed by atoms with van der Waals surface area (Å²) in [5.41, 5.74) is 1.05. The summed E-state index contributed by atoms with van der Waals surface area (Å²) in [5.74, 6) is 0.678. The van der Waals surface area contributed by atoms with Crippen LogP contribution in [0.2, 0.25) is 0 Å². The highest BCUT2D eigenvalue weighted by atomic mass is 19.1. The summed E-state index contributed by atoms with van der Waals surface area (Å²) in [6.07, 6.45) is 1.76. The standard InChI is InChI=1S/C12H13FN2O/c1-9-7-14-12(15(9)2)8-16-11-6-4-3-5-10(11)13/h3-7H,8H2,1-2H3. The molecule has 84 valence electrons. The number of rotatable bonds is 3. The van der Waals surface area contributed by atoms with Gasteiger partial charge in [-0.2, -0.15) is 0 Å². The molecule has 0 aliphatic carbocycles. The second-order valence-corrected chi connectivity index (χ2v) is 3.59. The van der Waals surface area contributed by atoms with E-state index in [1.165, 1.54) is 6.07 Å². The maximum Gasteiger partial charge on any atom is 0.165 e. The number of nitrogens with zero attached hydrogens (tertiary/aromatic N) is 2. The molecule has 0 aliphatic rings. The molecule has 0 saturated heterocycles. The van der Waals surface area contributed by atoms with Gasteiger partial charge in [-0.3, -0.25) is 0 Å². The van der Waals surface area contributed by atoms with Crippen molar-refractivity contribution in [3.63, 3.8) is 0 Å². The lowest BCUT2D eigenvalue weighted by molar-refractivity contribution is 0.277. The Morgan fingerprint density at radius 1 is 1.38 bits per heavy atom. The van der Waals surface area contributed by atoms with E-state index in [1.54, 1.807) is 24.4 Å². The van der Waals surface area contributed by atoms with Crippen LogP contribution in [-0.4, -0.2) is 9.55 Å². The Morgan fingerprint density at radius 2 is 2.12 bits per heavy atom. The van der Waals surface area contributed by atoms with Crippen LogP contribution in [0.4, 0.5) is 4.39 Å². The largest absolute Gasteiger partial charge is 0.483 e. The monoisotopic (exact) mass is 220 g/mol. The highest BCUT2D eigenvalue weighted by Crippen LogP contribution is 2.16. The van der Waals surface area contributed by atoms with Crippen molar-refractivity contribution in [1.82, 2.24) is 9.55 Å². The van der Waals surface area contributed by atoms with Crippen molar-refractivity contribution in [1.29, 1.82) is 0 Å². The zero-order valence-electron chi connectivity index (χ0n) is 9.27. The van der Waals surface area contributed by atoms with E-state index in [0.29, 0.717) is 0 Å². The zero-order valence-corrected chi connectivity index (χ0v) is 9.27. The van der Waals surface area contributed by atoms with Crippen LogP contribution < -0.4 is 4.74 Å². The molecule has 0 fully saturated rings. The van der Waals surface area contributed by atoms with Gasteiger partial charge in [0.05, 0.1) is 0 Å². The lowest BCUT2D eigenvalue weighted by Gasteiger charge is -2.07. The number of aromatic nitrogens is 2. The third-order valence-electron chi connectivity index (χ3n) is 2.51. The second-order valence-electron chi connectivity index (χ2n) is 3.59. The highest BCUT2D eigenvalue weighted by Gasteiger charge is 2.06. The summed E-state index contributed by atoms with van der Waals surface area (Å²) < 4.78 is 20.5. The minimum absolute atomic E-state index is 0.253. The molecule has 1 heterocycles. The van der Waals surface area contributed by atoms with E-state index in [1.807, 2.05) is 18.5 Å². The third-order valence-corrected chi connectivity index (χ3v) is 2.51. The molecule has 0 radical (unpaired) electrons. The molecule has 2 rings (SSSR count). The van der Waals surface area contributed by atoms with Gasteiger partial charge in [-0.15, -0.1) is 0 Å². The number of hydrogen-bond donors (Lipinski definition) is 0. The van der Waals surface area contributed by atoms with Crippen molar-refractivity contribution in [2.75, 3.05) is 0 Å². The van der Waals surface area contributed by atoms with Crippen LogP contribution in [0.3, 0.4) is 0 Å². The minimum Gasteiger partial charge on any atom is -0.483 e. The SMILES string of the molecule is Cc1cnc(COc2ccccc2F)n1C. The van der Waals surface area contributed by atoms with E-state index in [9.17, 15) is 4.39 Å². The number of imidazole rings is 1. The first kappa shape index (κ1) is 10.7. The van der Waals surface area contributed by atoms with Crippen molar-refractivity contribution in [3.05, 3.63) is 47.8 Å². The molecule has 4 heteroatoms. The number of aryl methyl sites for hydroxylation is 1. The van der Waals surface area contributed by atoms with Gasteiger partial charge in [-0.25, -0.2) is 9.37 Å². The van der Waals surface area contributed by atoms with Crippen LogP contribution in [0.15, 0.2) is 30.5 Å². The van der Waals surface area contributed by atoms with Gasteiger partial charge in [-0.1, -0.05) is 12.1 Å². The molecule has 0 aliphatic heterocycles. The maximum atomic E-state index is 13.2. The number of para-hydroxylation sites is 1. The first-order valence-corrected chi connectivity index (χ1v) is 5.03. The molecular formula is C12H13FN2O. The summed E-state index contributed by atoms with van der Waals surface area (Å²) in [6.45, 7) is 2.23. The number of ether oxygens (including phenoxy) is 1. The predicted octanol–water partition coefficient (Wildman–Crippen LogP) is 2.45. The highest BCUT2D eigenvalue weighted by molar-refractivity contribution is 5.23. The lowest BCUT2D eigenvalue weighted by Crippen LogP contribution is -2.05. The van der Waals surface area contributed by atoms with Gasteiger partial charge in [0.1, 0.15) is 12.4 Å². The quantitative estimate of drug-likeness (QED) is 0.794. The van der Waals surface area contributed by atoms with Crippen LogP contribution in [-0.2, 0) is 13.7 Å². The molecule has 0 saturated carbocycles. The van der Waals surface area contributed by atoms with E-state index < -0.39 is 0 Å². The normalized spacial score (nSPS) is 10.4. The fourth-order valence-electron chi connectivity index (χ4n) is 1.38. The zero-order chi connectivity index (χ0) is 11.5. The summed E-state index contributed by atoms with van der Waals surface area (Å²) >= 11 is 0. The predicted molar refractivity (Wildman–Crippen MR) is 58.7 cm³/mol. The summed E-state index contributed by atoms with van der Waals surface area (Å²) in [5, 5.41) is 0. The molecule has 0 N–H and O–H groups in total. The Bertz CT molecular complexity index is 494. The van der Waals surface area contributed by atoms with Gasteiger partial charge in [0.25, 0.3) is 0 Å². The molecule has 0 unspecified atom stereocenters. The third kappa shape index (κ3) is 2.05. The van der Waals surface area contributed by atoms with E-state index in [-0.39, 0.29) is 18.2 Å². The maximum absolute atomic E-state index is 13.2. The number of hydrogen-bond acceptors (Lipinski definition) is 2. The van der Waals surface area contributed by atoms with Gasteiger partial charge in [0.2, 0.25) is 0 Å². The Hall–Kier alpha value is -1.84. The van der Waals surface area contributed by atoms with Crippen molar-refractivity contribution < 1.29 is 9.13 Å². The molecule has 0 amide bonds. The van der Waals surface area contributed by atoms with Gasteiger partial charge in [0.15, 0.2) is 11.6 Å². The molecule has 0 bridgehead atoms. The molecular weight excluding hydrogens is 207 g/mol. The molecule has 0 atom stereocenters. The van der Waals surface area contributed by atoms with Crippen LogP contribution in [0.1, 0.15) is 11.5 Å². The summed E-state index contributed by atoms with van der Waals surface area (Å²) in [6, 6.07) is 6.35. The van der Waals surface area contributed by atoms with Crippen molar-refractivity contribution in [3.8, 4) is 5.75 Å². The number of benzene rings is 1. The van der Waals surface area contributed by atoms with Gasteiger partial charge in [-0.05, 0) is 19.1 Å². The molecule has 1 aromatic carbocycles. The van der Waals surface area contributed by atoms with E-state index >= 15 is 0 Å². The Kier molecular flexibility index (Phi) is 2.90. The summed E-state index contributed by atoms with van der Waals surface area (Å²) in [7, 11) is 1.91. The van der Waals surface area contributed by atoms with Gasteiger partial charge in [0, 0.05) is 18.9 Å². The molecule has 0 spiro atoms. The summed E-state index contributed by atoms with van der Waals surface area (Å²) in [4.78, 5) is 4.18. The van der Waals surface area contributed by atoms with Crippen LogP contribution in [0.5, 0.6) is 5.75 Å². The Morgan fingerprint density at radius 3 is 2.75 bits per heavy atom. The first-order chi connectivity index (χ1) is 7.68. The Labute approximate surface area is 93.5 Å². The fourth-order valence-corrected chi connectivity index (χ4v) is 1.38.